The number of nitrogens with zero attached hydrogens (tertiary/aromatic N) is 1. The van der Waals surface area contributed by atoms with Gasteiger partial charge in [0.2, 0.25) is 0 Å². The van der Waals surface area contributed by atoms with E-state index in [9.17, 15) is 4.79 Å². The fourth-order valence-electron chi connectivity index (χ4n) is 2.36. The summed E-state index contributed by atoms with van der Waals surface area (Å²) < 4.78 is 6.00. The number of ketones is 1. The molecule has 1 heterocycles. The number of hydrogen-bond donors (Lipinski definition) is 0. The van der Waals surface area contributed by atoms with E-state index in [0.717, 1.165) is 30.8 Å². The second-order valence-corrected chi connectivity index (χ2v) is 6.79. The third-order valence-electron chi connectivity index (χ3n) is 3.75. The standard InChI is InChI=1S/C17H25NO2.ClH/c1-17(2,3)16(19)11-13-6-5-7-14(10-13)20-15-8-9-18(4)12-15;/h5-7,10,15H,8-9,11-12H2,1-4H3;1H. The van der Waals surface area contributed by atoms with Crippen molar-refractivity contribution in [3.63, 3.8) is 0 Å². The van der Waals surface area contributed by atoms with E-state index in [1.807, 2.05) is 45.0 Å². The van der Waals surface area contributed by atoms with E-state index in [2.05, 4.69) is 11.9 Å². The molecule has 0 aromatic heterocycles. The predicted octanol–water partition coefficient (Wildman–Crippen LogP) is 3.35. The molecule has 3 nitrogen and oxygen atoms in total. The van der Waals surface area contributed by atoms with Crippen molar-refractivity contribution in [2.75, 3.05) is 20.1 Å². The van der Waals surface area contributed by atoms with Crippen LogP contribution in [0.1, 0.15) is 32.8 Å². The van der Waals surface area contributed by atoms with Gasteiger partial charge in [-0.25, -0.2) is 0 Å². The normalized spacial score (nSPS) is 19.1. The van der Waals surface area contributed by atoms with Crippen molar-refractivity contribution in [1.82, 2.24) is 4.90 Å². The van der Waals surface area contributed by atoms with E-state index < -0.39 is 0 Å². The molecule has 2 rings (SSSR count). The first-order chi connectivity index (χ1) is 9.34. The molecule has 0 amide bonds. The van der Waals surface area contributed by atoms with Crippen LogP contribution in [0.15, 0.2) is 24.3 Å². The molecule has 0 aliphatic carbocycles. The van der Waals surface area contributed by atoms with Gasteiger partial charge in [-0.05, 0) is 31.2 Å². The number of carbonyl (C=O) groups excluding carboxylic acids is 1. The minimum atomic E-state index is -0.287. The maximum Gasteiger partial charge on any atom is 0.142 e. The van der Waals surface area contributed by atoms with Crippen molar-refractivity contribution in [3.05, 3.63) is 29.8 Å². The first-order valence-corrected chi connectivity index (χ1v) is 7.32. The smallest absolute Gasteiger partial charge is 0.142 e. The van der Waals surface area contributed by atoms with Gasteiger partial charge >= 0.3 is 0 Å². The number of carbonyl (C=O) groups is 1. The highest BCUT2D eigenvalue weighted by molar-refractivity contribution is 5.86. The van der Waals surface area contributed by atoms with Crippen LogP contribution in [0, 0.1) is 5.41 Å². The average Bonchev–Trinajstić information content (AvgIpc) is 2.74. The van der Waals surface area contributed by atoms with Gasteiger partial charge in [-0.1, -0.05) is 32.9 Å². The zero-order valence-electron chi connectivity index (χ0n) is 13.4. The molecule has 21 heavy (non-hydrogen) atoms. The van der Waals surface area contributed by atoms with Crippen LogP contribution in [0.3, 0.4) is 0 Å². The topological polar surface area (TPSA) is 29.5 Å². The van der Waals surface area contributed by atoms with Crippen molar-refractivity contribution in [1.29, 1.82) is 0 Å². The summed E-state index contributed by atoms with van der Waals surface area (Å²) in [5, 5.41) is 0. The van der Waals surface area contributed by atoms with Crippen LogP contribution in [-0.4, -0.2) is 36.9 Å². The van der Waals surface area contributed by atoms with Crippen molar-refractivity contribution < 1.29 is 9.53 Å². The van der Waals surface area contributed by atoms with Crippen LogP contribution in [0.4, 0.5) is 0 Å². The Bertz CT molecular complexity index is 482. The molecule has 118 valence electrons. The SMILES string of the molecule is CN1CCC(Oc2cccc(CC(=O)C(C)(C)C)c2)C1.Cl. The Balaban J connectivity index is 0.00000220. The molecule has 0 bridgehead atoms. The molecule has 1 aliphatic rings. The van der Waals surface area contributed by atoms with Crippen LogP contribution < -0.4 is 4.74 Å². The zero-order chi connectivity index (χ0) is 14.8. The summed E-state index contributed by atoms with van der Waals surface area (Å²) in [6.45, 7) is 7.95. The van der Waals surface area contributed by atoms with Gasteiger partial charge in [-0.15, -0.1) is 12.4 Å². The monoisotopic (exact) mass is 311 g/mol. The van der Waals surface area contributed by atoms with Gasteiger partial charge in [0.25, 0.3) is 0 Å². The molecule has 1 aromatic rings. The molecule has 1 unspecified atom stereocenters. The molecular formula is C17H26ClNO2. The lowest BCUT2D eigenvalue weighted by Crippen LogP contribution is -2.22. The molecule has 0 spiro atoms. The summed E-state index contributed by atoms with van der Waals surface area (Å²) in [5.74, 6) is 1.14. The molecule has 0 N–H and O–H groups in total. The van der Waals surface area contributed by atoms with Crippen LogP contribution in [0.25, 0.3) is 0 Å². The molecule has 1 fully saturated rings. The molecule has 1 aromatic carbocycles. The highest BCUT2D eigenvalue weighted by atomic mass is 35.5. The van der Waals surface area contributed by atoms with Gasteiger partial charge in [0.05, 0.1) is 0 Å². The number of halogens is 1. The van der Waals surface area contributed by atoms with E-state index in [1.54, 1.807) is 0 Å². The van der Waals surface area contributed by atoms with Crippen molar-refractivity contribution >= 4 is 18.2 Å². The molecule has 1 saturated heterocycles. The number of likely N-dealkylation sites (N-methyl/N-ethyl adjacent to an activating group) is 1. The van der Waals surface area contributed by atoms with Gasteiger partial charge in [-0.2, -0.15) is 0 Å². The minimum Gasteiger partial charge on any atom is -0.489 e. The van der Waals surface area contributed by atoms with Gasteiger partial charge in [0.15, 0.2) is 0 Å². The second kappa shape index (κ2) is 7.28. The Morgan fingerprint density at radius 1 is 1.38 bits per heavy atom. The van der Waals surface area contributed by atoms with E-state index >= 15 is 0 Å². The van der Waals surface area contributed by atoms with Gasteiger partial charge < -0.3 is 9.64 Å². The maximum atomic E-state index is 12.1. The summed E-state index contributed by atoms with van der Waals surface area (Å²) in [6, 6.07) is 7.95. The number of benzene rings is 1. The van der Waals surface area contributed by atoms with Gasteiger partial charge in [0, 0.05) is 24.9 Å². The third-order valence-corrected chi connectivity index (χ3v) is 3.75. The van der Waals surface area contributed by atoms with Crippen LogP contribution in [0.2, 0.25) is 0 Å². The lowest BCUT2D eigenvalue weighted by molar-refractivity contribution is -0.125. The summed E-state index contributed by atoms with van der Waals surface area (Å²) in [5.41, 5.74) is 0.749. The third kappa shape index (κ3) is 5.33. The number of likely N-dealkylation sites (tertiary alicyclic amines) is 1. The van der Waals surface area contributed by atoms with E-state index in [0.29, 0.717) is 6.42 Å². The number of ether oxygens (including phenoxy) is 1. The van der Waals surface area contributed by atoms with E-state index in [-0.39, 0.29) is 29.7 Å². The minimum absolute atomic E-state index is 0. The Labute approximate surface area is 134 Å². The van der Waals surface area contributed by atoms with Crippen LogP contribution in [-0.2, 0) is 11.2 Å². The Morgan fingerprint density at radius 2 is 2.10 bits per heavy atom. The highest BCUT2D eigenvalue weighted by Gasteiger charge is 2.22. The first-order valence-electron chi connectivity index (χ1n) is 7.32. The Hall–Kier alpha value is -1.06. The summed E-state index contributed by atoms with van der Waals surface area (Å²) in [6.07, 6.45) is 1.82. The van der Waals surface area contributed by atoms with E-state index in [4.69, 9.17) is 4.74 Å². The largest absolute Gasteiger partial charge is 0.489 e. The van der Waals surface area contributed by atoms with Crippen LogP contribution in [0.5, 0.6) is 5.75 Å². The molecule has 0 radical (unpaired) electrons. The fourth-order valence-corrected chi connectivity index (χ4v) is 2.36. The fraction of sp³-hybridized carbons (Fsp3) is 0.588. The molecule has 4 heteroatoms. The van der Waals surface area contributed by atoms with Crippen molar-refractivity contribution in [3.8, 4) is 5.75 Å². The molecule has 0 saturated carbocycles. The molecule has 1 atom stereocenters. The number of hydrogen-bond acceptors (Lipinski definition) is 3. The van der Waals surface area contributed by atoms with Crippen molar-refractivity contribution in [2.45, 2.75) is 39.7 Å². The summed E-state index contributed by atoms with van der Waals surface area (Å²) in [7, 11) is 2.11. The Kier molecular flexibility index (Phi) is 6.24. The quantitative estimate of drug-likeness (QED) is 0.854. The summed E-state index contributed by atoms with van der Waals surface area (Å²) in [4.78, 5) is 14.4. The summed E-state index contributed by atoms with van der Waals surface area (Å²) >= 11 is 0. The predicted molar refractivity (Wildman–Crippen MR) is 88.4 cm³/mol. The first kappa shape index (κ1) is 18.0. The highest BCUT2D eigenvalue weighted by Crippen LogP contribution is 2.22. The van der Waals surface area contributed by atoms with Gasteiger partial charge in [-0.3, -0.25) is 4.79 Å². The lowest BCUT2D eigenvalue weighted by atomic mass is 9.87. The second-order valence-electron chi connectivity index (χ2n) is 6.79. The van der Waals surface area contributed by atoms with Crippen molar-refractivity contribution in [2.24, 2.45) is 5.41 Å². The Morgan fingerprint density at radius 3 is 2.67 bits per heavy atom. The molecule has 1 aliphatic heterocycles. The number of rotatable bonds is 4. The average molecular weight is 312 g/mol. The lowest BCUT2D eigenvalue weighted by Gasteiger charge is -2.17. The van der Waals surface area contributed by atoms with Crippen LogP contribution >= 0.6 is 12.4 Å². The zero-order valence-corrected chi connectivity index (χ0v) is 14.2. The molecular weight excluding hydrogens is 286 g/mol. The maximum absolute atomic E-state index is 12.1. The number of Topliss-reactive ketones (excluding diaryl/α,β-unsaturated/α-hetero) is 1. The van der Waals surface area contributed by atoms with E-state index in [1.165, 1.54) is 0 Å². The van der Waals surface area contributed by atoms with Gasteiger partial charge in [0.1, 0.15) is 17.6 Å².